The highest BCUT2D eigenvalue weighted by atomic mass is 16.1. The highest BCUT2D eigenvalue weighted by Gasteiger charge is 2.37. The number of hydrogen-bond donors (Lipinski definition) is 2. The van der Waals surface area contributed by atoms with Gasteiger partial charge in [-0.3, -0.25) is 4.79 Å². The number of nitrogens with one attached hydrogen (secondary N) is 2. The number of benzene rings is 1. The molecule has 1 saturated carbocycles. The van der Waals surface area contributed by atoms with E-state index in [1.165, 1.54) is 36.1 Å². The van der Waals surface area contributed by atoms with Crippen LogP contribution >= 0.6 is 0 Å². The Morgan fingerprint density at radius 1 is 1.23 bits per heavy atom. The zero-order valence-electron chi connectivity index (χ0n) is 19.4. The van der Waals surface area contributed by atoms with Crippen molar-refractivity contribution in [2.24, 2.45) is 0 Å². The molecule has 0 aliphatic heterocycles. The molecule has 0 spiro atoms. The van der Waals surface area contributed by atoms with Crippen LogP contribution in [0.4, 0.5) is 0 Å². The monoisotopic (exact) mass is 423 g/mol. The number of tetrazole rings is 1. The van der Waals surface area contributed by atoms with Crippen LogP contribution in [-0.4, -0.2) is 31.2 Å². The van der Waals surface area contributed by atoms with Gasteiger partial charge in [0.25, 0.3) is 5.56 Å². The second-order valence-electron chi connectivity index (χ2n) is 10.0. The van der Waals surface area contributed by atoms with Gasteiger partial charge in [0.15, 0.2) is 0 Å². The molecule has 2 aromatic heterocycles. The third kappa shape index (κ3) is 4.42. The van der Waals surface area contributed by atoms with E-state index in [0.29, 0.717) is 12.6 Å². The largest absolute Gasteiger partial charge is 0.322 e. The lowest BCUT2D eigenvalue weighted by molar-refractivity contribution is -0.969. The van der Waals surface area contributed by atoms with Crippen molar-refractivity contribution in [1.82, 2.24) is 25.2 Å². The second-order valence-corrected chi connectivity index (χ2v) is 10.0. The summed E-state index contributed by atoms with van der Waals surface area (Å²) < 4.78 is 1.96. The molecule has 4 rings (SSSR count). The molecule has 31 heavy (non-hydrogen) atoms. The number of pyridine rings is 1. The maximum Gasteiger partial charge on any atom is 0.257 e. The van der Waals surface area contributed by atoms with Gasteiger partial charge in [0.1, 0.15) is 12.6 Å². The van der Waals surface area contributed by atoms with Crippen LogP contribution in [0.15, 0.2) is 29.1 Å². The minimum atomic E-state index is -0.189. The van der Waals surface area contributed by atoms with E-state index >= 15 is 0 Å². The van der Waals surface area contributed by atoms with Crippen LogP contribution in [0.3, 0.4) is 0 Å². The van der Waals surface area contributed by atoms with E-state index in [0.717, 1.165) is 28.7 Å². The summed E-state index contributed by atoms with van der Waals surface area (Å²) in [7, 11) is 0. The van der Waals surface area contributed by atoms with Gasteiger partial charge in [-0.2, -0.15) is 0 Å². The molecule has 0 bridgehead atoms. The molecule has 1 aliphatic carbocycles. The average Bonchev–Trinajstić information content (AvgIpc) is 3.40. The summed E-state index contributed by atoms with van der Waals surface area (Å²) in [6.45, 7) is 11.4. The summed E-state index contributed by atoms with van der Waals surface area (Å²) in [5.74, 6) is 0.921. The molecule has 166 valence electrons. The second kappa shape index (κ2) is 8.54. The van der Waals surface area contributed by atoms with Crippen molar-refractivity contribution in [2.45, 2.75) is 90.9 Å². The van der Waals surface area contributed by atoms with E-state index in [1.54, 1.807) is 0 Å². The molecule has 7 nitrogen and oxygen atoms in total. The van der Waals surface area contributed by atoms with Crippen LogP contribution < -0.4 is 10.5 Å². The third-order valence-corrected chi connectivity index (χ3v) is 6.65. The molecule has 1 unspecified atom stereocenters. The van der Waals surface area contributed by atoms with Crippen LogP contribution in [0, 0.1) is 6.92 Å². The Morgan fingerprint density at radius 2 is 1.97 bits per heavy atom. The van der Waals surface area contributed by atoms with Crippen LogP contribution in [0.2, 0.25) is 0 Å². The van der Waals surface area contributed by atoms with Crippen molar-refractivity contribution in [3.8, 4) is 0 Å². The fourth-order valence-corrected chi connectivity index (χ4v) is 5.07. The molecule has 7 heteroatoms. The number of aryl methyl sites for hydroxylation is 1. The molecule has 0 amide bonds. The predicted octanol–water partition coefficient (Wildman–Crippen LogP) is 3.06. The molecule has 1 fully saturated rings. The van der Waals surface area contributed by atoms with E-state index < -0.39 is 0 Å². The molecule has 2 N–H and O–H groups in total. The van der Waals surface area contributed by atoms with E-state index in [4.69, 9.17) is 0 Å². The number of rotatable bonds is 6. The number of nitrogens with zero attached hydrogens (tertiary/aromatic N) is 4. The van der Waals surface area contributed by atoms with Gasteiger partial charge in [0.05, 0.1) is 17.1 Å². The Morgan fingerprint density at radius 3 is 2.65 bits per heavy atom. The fraction of sp³-hybridized carbons (Fsp3) is 0.583. The Labute approximate surface area is 183 Å². The summed E-state index contributed by atoms with van der Waals surface area (Å²) in [6.07, 6.45) is 5.80. The van der Waals surface area contributed by atoms with E-state index in [-0.39, 0.29) is 17.1 Å². The normalized spacial score (nSPS) is 17.3. The Kier molecular flexibility index (Phi) is 5.97. The van der Waals surface area contributed by atoms with Gasteiger partial charge in [-0.1, -0.05) is 18.6 Å². The molecule has 0 saturated heterocycles. The molecule has 1 aromatic carbocycles. The summed E-state index contributed by atoms with van der Waals surface area (Å²) in [5.41, 5.74) is 2.75. The number of fused-ring (bicyclic) bond motifs is 1. The molecule has 2 atom stereocenters. The number of hydrogen-bond acceptors (Lipinski definition) is 4. The van der Waals surface area contributed by atoms with E-state index in [9.17, 15) is 4.79 Å². The highest BCUT2D eigenvalue weighted by molar-refractivity contribution is 5.79. The third-order valence-electron chi connectivity index (χ3n) is 6.65. The summed E-state index contributed by atoms with van der Waals surface area (Å²) in [4.78, 5) is 17.5. The Bertz CT molecular complexity index is 1100. The maximum absolute atomic E-state index is 13.0. The van der Waals surface area contributed by atoms with Gasteiger partial charge in [-0.15, -0.1) is 5.10 Å². The lowest BCUT2D eigenvalue weighted by Gasteiger charge is -2.33. The summed E-state index contributed by atoms with van der Waals surface area (Å²) in [5, 5.41) is 13.9. The fourth-order valence-electron chi connectivity index (χ4n) is 5.07. The first-order chi connectivity index (χ1) is 14.8. The van der Waals surface area contributed by atoms with Crippen LogP contribution in [0.1, 0.15) is 82.8 Å². The van der Waals surface area contributed by atoms with Crippen molar-refractivity contribution >= 4 is 10.9 Å². The zero-order chi connectivity index (χ0) is 22.2. The standard InChI is InChI=1S/C24H34N6O/c1-6-21(22-26-27-28-30(22)24(3,4)5)29(19-9-7-8-10-19)15-18-14-17-13-16(2)11-12-20(17)25-23(18)31/h11-14,19,21H,6-10,15H2,1-5H3,(H,25,31)/p+1/t21-/m0/s1. The quantitative estimate of drug-likeness (QED) is 0.639. The topological polar surface area (TPSA) is 80.9 Å². The molecule has 0 radical (unpaired) electrons. The lowest BCUT2D eigenvalue weighted by atomic mass is 10.0. The smallest absolute Gasteiger partial charge is 0.257 e. The lowest BCUT2D eigenvalue weighted by Crippen LogP contribution is -3.14. The summed E-state index contributed by atoms with van der Waals surface area (Å²) >= 11 is 0. The number of H-pyrrole nitrogens is 1. The number of aromatic amines is 1. The van der Waals surface area contributed by atoms with Crippen LogP contribution in [0.5, 0.6) is 0 Å². The molecule has 2 heterocycles. The number of quaternary nitrogens is 1. The Balaban J connectivity index is 1.75. The minimum Gasteiger partial charge on any atom is -0.322 e. The van der Waals surface area contributed by atoms with Gasteiger partial charge in [0.2, 0.25) is 5.82 Å². The van der Waals surface area contributed by atoms with Gasteiger partial charge < -0.3 is 9.88 Å². The van der Waals surface area contributed by atoms with Gasteiger partial charge in [-0.25, -0.2) is 4.68 Å². The van der Waals surface area contributed by atoms with Crippen molar-refractivity contribution in [1.29, 1.82) is 0 Å². The van der Waals surface area contributed by atoms with Crippen LogP contribution in [-0.2, 0) is 12.1 Å². The molecular formula is C24H35N6O+. The zero-order valence-corrected chi connectivity index (χ0v) is 19.4. The maximum atomic E-state index is 13.0. The van der Waals surface area contributed by atoms with E-state index in [1.807, 2.05) is 16.8 Å². The highest BCUT2D eigenvalue weighted by Crippen LogP contribution is 2.23. The minimum absolute atomic E-state index is 0.0112. The average molecular weight is 424 g/mol. The SMILES string of the molecule is CC[C@@H](c1nnnn1C(C)(C)C)[NH+](Cc1cc2cc(C)ccc2[nH]c1=O)C1CCCC1. The molecule has 3 aromatic rings. The Hall–Kier alpha value is -2.54. The first-order valence-electron chi connectivity index (χ1n) is 11.5. The van der Waals surface area contributed by atoms with Crippen molar-refractivity contribution in [3.05, 3.63) is 51.6 Å². The van der Waals surface area contributed by atoms with Gasteiger partial charge in [0, 0.05) is 11.9 Å². The van der Waals surface area contributed by atoms with Crippen molar-refractivity contribution in [2.75, 3.05) is 0 Å². The summed E-state index contributed by atoms with van der Waals surface area (Å²) in [6, 6.07) is 8.90. The van der Waals surface area contributed by atoms with E-state index in [2.05, 4.69) is 67.3 Å². The van der Waals surface area contributed by atoms with Crippen molar-refractivity contribution < 1.29 is 4.90 Å². The molecule has 1 aliphatic rings. The first kappa shape index (κ1) is 21.7. The molecular weight excluding hydrogens is 388 g/mol. The van der Waals surface area contributed by atoms with Gasteiger partial charge >= 0.3 is 0 Å². The first-order valence-corrected chi connectivity index (χ1v) is 11.5. The van der Waals surface area contributed by atoms with Gasteiger partial charge in [-0.05, 0) is 87.4 Å². The van der Waals surface area contributed by atoms with Crippen LogP contribution in [0.25, 0.3) is 10.9 Å². The van der Waals surface area contributed by atoms with Crippen molar-refractivity contribution in [3.63, 3.8) is 0 Å². The predicted molar refractivity (Wildman–Crippen MR) is 122 cm³/mol. The number of aromatic nitrogens is 5.